The third kappa shape index (κ3) is 6.40. The van der Waals surface area contributed by atoms with Gasteiger partial charge in [-0.25, -0.2) is 0 Å². The number of rotatable bonds is 8. The number of nitriles is 1. The van der Waals surface area contributed by atoms with E-state index in [-0.39, 0.29) is 18.1 Å². The second-order valence-corrected chi connectivity index (χ2v) is 6.09. The zero-order valence-electron chi connectivity index (χ0n) is 16.6. The lowest BCUT2D eigenvalue weighted by atomic mass is 10.1. The molecule has 7 heteroatoms. The summed E-state index contributed by atoms with van der Waals surface area (Å²) in [4.78, 5) is 23.8. The van der Waals surface area contributed by atoms with E-state index in [9.17, 15) is 9.59 Å². The molecule has 29 heavy (non-hydrogen) atoms. The van der Waals surface area contributed by atoms with Crippen LogP contribution in [0.2, 0.25) is 0 Å². The van der Waals surface area contributed by atoms with Crippen LogP contribution in [0.1, 0.15) is 18.1 Å². The Morgan fingerprint density at radius 2 is 1.83 bits per heavy atom. The zero-order valence-corrected chi connectivity index (χ0v) is 16.6. The van der Waals surface area contributed by atoms with Crippen LogP contribution < -0.4 is 20.1 Å². The molecule has 150 valence electrons. The third-order valence-corrected chi connectivity index (χ3v) is 3.86. The van der Waals surface area contributed by atoms with Crippen molar-refractivity contribution in [2.45, 2.75) is 13.8 Å². The lowest BCUT2D eigenvalue weighted by molar-refractivity contribution is -0.118. The highest BCUT2D eigenvalue weighted by Crippen LogP contribution is 2.29. The average molecular weight is 393 g/mol. The van der Waals surface area contributed by atoms with Crippen LogP contribution in [0.3, 0.4) is 0 Å². The van der Waals surface area contributed by atoms with Gasteiger partial charge < -0.3 is 20.1 Å². The van der Waals surface area contributed by atoms with Crippen LogP contribution >= 0.6 is 0 Å². The van der Waals surface area contributed by atoms with Crippen LogP contribution in [0.15, 0.2) is 48.0 Å². The summed E-state index contributed by atoms with van der Waals surface area (Å²) in [5.74, 6) is 0.0327. The number of nitrogens with one attached hydrogen (secondary N) is 2. The number of ether oxygens (including phenoxy) is 2. The van der Waals surface area contributed by atoms with Crippen LogP contribution in [-0.4, -0.2) is 32.1 Å². The number of carbonyl (C=O) groups is 2. The van der Waals surface area contributed by atoms with E-state index in [4.69, 9.17) is 14.7 Å². The molecule has 0 saturated carbocycles. The van der Waals surface area contributed by atoms with Crippen LogP contribution in [0, 0.1) is 18.3 Å². The van der Waals surface area contributed by atoms with Gasteiger partial charge in [-0.1, -0.05) is 23.8 Å². The van der Waals surface area contributed by atoms with E-state index in [0.717, 1.165) is 5.56 Å². The molecule has 0 unspecified atom stereocenters. The molecule has 2 N–H and O–H groups in total. The van der Waals surface area contributed by atoms with Gasteiger partial charge in [0.25, 0.3) is 11.8 Å². The van der Waals surface area contributed by atoms with Crippen molar-refractivity contribution in [2.24, 2.45) is 0 Å². The number of nitrogens with zero attached hydrogens (tertiary/aromatic N) is 1. The largest absolute Gasteiger partial charge is 0.490 e. The maximum atomic E-state index is 12.1. The summed E-state index contributed by atoms with van der Waals surface area (Å²) in [5.41, 5.74) is 2.37. The fourth-order valence-electron chi connectivity index (χ4n) is 2.43. The first-order valence-electron chi connectivity index (χ1n) is 9.06. The van der Waals surface area contributed by atoms with Crippen LogP contribution in [0.25, 0.3) is 6.08 Å². The molecule has 0 aliphatic heterocycles. The number of hydrogen-bond acceptors (Lipinski definition) is 5. The number of carbonyl (C=O) groups excluding carboxylic acids is 2. The van der Waals surface area contributed by atoms with Gasteiger partial charge in [-0.3, -0.25) is 9.59 Å². The van der Waals surface area contributed by atoms with Gasteiger partial charge in [-0.2, -0.15) is 5.26 Å². The molecule has 2 rings (SSSR count). The number of amides is 2. The molecule has 0 spiro atoms. The molecule has 2 aromatic carbocycles. The van der Waals surface area contributed by atoms with Crippen molar-refractivity contribution in [3.05, 3.63) is 59.2 Å². The average Bonchev–Trinajstić information content (AvgIpc) is 2.72. The van der Waals surface area contributed by atoms with Gasteiger partial charge in [0.2, 0.25) is 0 Å². The highest BCUT2D eigenvalue weighted by Gasteiger charge is 2.11. The molecular formula is C22H23N3O4. The van der Waals surface area contributed by atoms with Crippen molar-refractivity contribution in [3.8, 4) is 17.6 Å². The molecular weight excluding hydrogens is 370 g/mol. The lowest BCUT2D eigenvalue weighted by Crippen LogP contribution is -2.20. The second kappa shape index (κ2) is 10.5. The Morgan fingerprint density at radius 1 is 1.10 bits per heavy atom. The summed E-state index contributed by atoms with van der Waals surface area (Å²) in [7, 11) is 1.46. The molecule has 2 amide bonds. The predicted octanol–water partition coefficient (Wildman–Crippen LogP) is 3.06. The summed E-state index contributed by atoms with van der Waals surface area (Å²) in [6.07, 6.45) is 1.45. The number of aryl methyl sites for hydroxylation is 1. The fraction of sp³-hybridized carbons (Fsp3) is 0.227. The minimum Gasteiger partial charge on any atom is -0.490 e. The molecule has 7 nitrogen and oxygen atoms in total. The van der Waals surface area contributed by atoms with E-state index in [1.807, 2.05) is 44.2 Å². The van der Waals surface area contributed by atoms with Gasteiger partial charge in [0, 0.05) is 12.7 Å². The van der Waals surface area contributed by atoms with Crippen molar-refractivity contribution < 1.29 is 19.1 Å². The van der Waals surface area contributed by atoms with Gasteiger partial charge >= 0.3 is 0 Å². The van der Waals surface area contributed by atoms with Crippen molar-refractivity contribution in [3.63, 3.8) is 0 Å². The van der Waals surface area contributed by atoms with Crippen LogP contribution in [0.5, 0.6) is 11.5 Å². The van der Waals surface area contributed by atoms with Gasteiger partial charge in [0.15, 0.2) is 18.1 Å². The van der Waals surface area contributed by atoms with Crippen molar-refractivity contribution in [1.29, 1.82) is 5.26 Å². The summed E-state index contributed by atoms with van der Waals surface area (Å²) in [6.45, 7) is 3.99. The Morgan fingerprint density at radius 3 is 2.45 bits per heavy atom. The van der Waals surface area contributed by atoms with Gasteiger partial charge in [-0.15, -0.1) is 0 Å². The fourth-order valence-corrected chi connectivity index (χ4v) is 2.43. The number of benzene rings is 2. The van der Waals surface area contributed by atoms with E-state index in [2.05, 4.69) is 10.6 Å². The van der Waals surface area contributed by atoms with Crippen molar-refractivity contribution in [2.75, 3.05) is 25.6 Å². The molecule has 0 heterocycles. The highest BCUT2D eigenvalue weighted by molar-refractivity contribution is 6.01. The zero-order chi connectivity index (χ0) is 21.2. The molecule has 0 aliphatic carbocycles. The first-order chi connectivity index (χ1) is 14.0. The minimum absolute atomic E-state index is 0.0268. The predicted molar refractivity (Wildman–Crippen MR) is 111 cm³/mol. The van der Waals surface area contributed by atoms with E-state index in [1.165, 1.54) is 13.1 Å². The smallest absolute Gasteiger partial charge is 0.262 e. The van der Waals surface area contributed by atoms with Gasteiger partial charge in [-0.05, 0) is 49.8 Å². The van der Waals surface area contributed by atoms with Gasteiger partial charge in [0.05, 0.1) is 6.61 Å². The molecule has 0 aliphatic rings. The molecule has 0 saturated heterocycles. The Bertz CT molecular complexity index is 944. The third-order valence-electron chi connectivity index (χ3n) is 3.86. The normalized spacial score (nSPS) is 10.6. The maximum Gasteiger partial charge on any atom is 0.262 e. The summed E-state index contributed by atoms with van der Waals surface area (Å²) in [5, 5.41) is 14.3. The molecule has 0 fully saturated rings. The van der Waals surface area contributed by atoms with E-state index in [1.54, 1.807) is 18.2 Å². The summed E-state index contributed by atoms with van der Waals surface area (Å²) >= 11 is 0. The highest BCUT2D eigenvalue weighted by atomic mass is 16.5. The summed E-state index contributed by atoms with van der Waals surface area (Å²) < 4.78 is 11.2. The molecule has 0 radical (unpaired) electrons. The number of hydrogen-bond donors (Lipinski definition) is 2. The molecule has 0 bridgehead atoms. The molecule has 0 aromatic heterocycles. The first kappa shape index (κ1) is 21.5. The second-order valence-electron chi connectivity index (χ2n) is 6.09. The Hall–Kier alpha value is -3.79. The first-order valence-corrected chi connectivity index (χ1v) is 9.06. The van der Waals surface area contributed by atoms with E-state index >= 15 is 0 Å². The Labute approximate surface area is 169 Å². The van der Waals surface area contributed by atoms with E-state index < -0.39 is 5.91 Å². The van der Waals surface area contributed by atoms with Crippen LogP contribution in [0.4, 0.5) is 5.69 Å². The topological polar surface area (TPSA) is 100 Å². The van der Waals surface area contributed by atoms with Gasteiger partial charge in [0.1, 0.15) is 11.6 Å². The van der Waals surface area contributed by atoms with E-state index in [0.29, 0.717) is 29.4 Å². The van der Waals surface area contributed by atoms with Crippen molar-refractivity contribution in [1.82, 2.24) is 5.32 Å². The standard InChI is InChI=1S/C22H23N3O4/c1-4-28-20-12-16(11-17(13-23)22(27)24-3)7-10-19(20)29-14-21(26)25-18-8-5-15(2)6-9-18/h5-12H,4,14H2,1-3H3,(H,24,27)(H,25,26)/b17-11-. The van der Waals surface area contributed by atoms with Crippen LogP contribution in [-0.2, 0) is 9.59 Å². The SMILES string of the molecule is CCOc1cc(/C=C(/C#N)C(=O)NC)ccc1OCC(=O)Nc1ccc(C)cc1. The maximum absolute atomic E-state index is 12.1. The lowest BCUT2D eigenvalue weighted by Gasteiger charge is -2.13. The number of anilines is 1. The quantitative estimate of drug-likeness (QED) is 0.530. The monoisotopic (exact) mass is 393 g/mol. The molecule has 2 aromatic rings. The minimum atomic E-state index is -0.474. The summed E-state index contributed by atoms with van der Waals surface area (Å²) in [6, 6.07) is 14.3. The Balaban J connectivity index is 2.11. The van der Waals surface area contributed by atoms with Crippen molar-refractivity contribution >= 4 is 23.6 Å². The molecule has 0 atom stereocenters. The Kier molecular flexibility index (Phi) is 7.80. The number of likely N-dealkylation sites (N-methyl/N-ethyl adjacent to an activating group) is 1.